The number of carbonyl (C=O) groups is 1. The van der Waals surface area contributed by atoms with Crippen molar-refractivity contribution in [2.45, 2.75) is 56.8 Å². The van der Waals surface area contributed by atoms with Crippen molar-refractivity contribution in [2.75, 3.05) is 19.6 Å². The Balaban J connectivity index is 1.76. The lowest BCUT2D eigenvalue weighted by Gasteiger charge is -2.40. The van der Waals surface area contributed by atoms with Crippen molar-refractivity contribution >= 4 is 13.8 Å². The van der Waals surface area contributed by atoms with Crippen LogP contribution in [0.2, 0.25) is 6.32 Å². The molecule has 136 valence electrons. The molecule has 0 bridgehead atoms. The van der Waals surface area contributed by atoms with E-state index >= 15 is 0 Å². The van der Waals surface area contributed by atoms with Gasteiger partial charge in [-0.2, -0.15) is 0 Å². The van der Waals surface area contributed by atoms with E-state index in [1.54, 1.807) is 0 Å². The van der Waals surface area contributed by atoms with Crippen LogP contribution in [0.15, 0.2) is 30.3 Å². The van der Waals surface area contributed by atoms with Crippen LogP contribution >= 0.6 is 0 Å². The minimum Gasteiger partial charge on any atom is -0.480 e. The molecule has 1 aromatic rings. The molecule has 1 aromatic carbocycles. The third kappa shape index (κ3) is 5.86. The summed E-state index contributed by atoms with van der Waals surface area (Å²) in [5.41, 5.74) is 6.61. The standard InChI is InChI=1S/C20H31BN2O2/c21-13-5-4-12-20(22,19(24)25)18-10-15-23(16-11-18)14-6-9-17-7-2-1-3-8-17/h1-3,7-8,18H,4-6,9-16,22H2,(H,24,25). The number of unbranched alkanes of at least 4 members (excludes halogenated alkanes) is 1. The van der Waals surface area contributed by atoms with Gasteiger partial charge in [0, 0.05) is 0 Å². The third-order valence-corrected chi connectivity index (χ3v) is 5.54. The summed E-state index contributed by atoms with van der Waals surface area (Å²) in [4.78, 5) is 14.2. The molecular weight excluding hydrogens is 311 g/mol. The third-order valence-electron chi connectivity index (χ3n) is 5.54. The summed E-state index contributed by atoms with van der Waals surface area (Å²) in [5.74, 6) is -0.791. The van der Waals surface area contributed by atoms with Crippen molar-refractivity contribution in [3.63, 3.8) is 0 Å². The highest BCUT2D eigenvalue weighted by atomic mass is 16.4. The Morgan fingerprint density at radius 3 is 2.48 bits per heavy atom. The second kappa shape index (κ2) is 9.98. The maximum atomic E-state index is 11.8. The molecule has 1 aliphatic heterocycles. The van der Waals surface area contributed by atoms with E-state index in [-0.39, 0.29) is 5.92 Å². The number of aliphatic carboxylic acids is 1. The molecule has 0 aliphatic carbocycles. The summed E-state index contributed by atoms with van der Waals surface area (Å²) < 4.78 is 0. The molecule has 2 rings (SSSR count). The molecular formula is C20H31BN2O2. The number of aryl methyl sites for hydroxylation is 1. The molecule has 4 nitrogen and oxygen atoms in total. The predicted molar refractivity (Wildman–Crippen MR) is 103 cm³/mol. The van der Waals surface area contributed by atoms with Crippen molar-refractivity contribution in [1.82, 2.24) is 4.90 Å². The number of carboxylic acid groups (broad SMARTS) is 1. The molecule has 3 N–H and O–H groups in total. The van der Waals surface area contributed by atoms with Gasteiger partial charge in [0.2, 0.25) is 0 Å². The van der Waals surface area contributed by atoms with Gasteiger partial charge in [-0.3, -0.25) is 4.79 Å². The van der Waals surface area contributed by atoms with E-state index in [1.165, 1.54) is 5.56 Å². The van der Waals surface area contributed by atoms with E-state index < -0.39 is 11.5 Å². The number of piperidine rings is 1. The fraction of sp³-hybridized carbons (Fsp3) is 0.650. The van der Waals surface area contributed by atoms with Gasteiger partial charge < -0.3 is 15.7 Å². The summed E-state index contributed by atoms with van der Waals surface area (Å²) in [6.07, 6.45) is 6.72. The Morgan fingerprint density at radius 1 is 1.20 bits per heavy atom. The second-order valence-corrected chi connectivity index (χ2v) is 7.30. The van der Waals surface area contributed by atoms with Gasteiger partial charge in [-0.1, -0.05) is 49.5 Å². The van der Waals surface area contributed by atoms with Crippen LogP contribution in [-0.2, 0) is 11.2 Å². The van der Waals surface area contributed by atoms with Crippen molar-refractivity contribution in [1.29, 1.82) is 0 Å². The number of rotatable bonds is 10. The first-order chi connectivity index (χ1) is 12.1. The fourth-order valence-electron chi connectivity index (χ4n) is 3.87. The summed E-state index contributed by atoms with van der Waals surface area (Å²) in [6, 6.07) is 10.5. The summed E-state index contributed by atoms with van der Waals surface area (Å²) >= 11 is 0. The van der Waals surface area contributed by atoms with Gasteiger partial charge in [-0.05, 0) is 63.2 Å². The molecule has 25 heavy (non-hydrogen) atoms. The zero-order valence-corrected chi connectivity index (χ0v) is 15.2. The average Bonchev–Trinajstić information content (AvgIpc) is 2.63. The zero-order chi connectivity index (χ0) is 18.1. The molecule has 0 saturated carbocycles. The number of likely N-dealkylation sites (tertiary alicyclic amines) is 1. The molecule has 1 aliphatic rings. The van der Waals surface area contributed by atoms with Gasteiger partial charge in [0.25, 0.3) is 0 Å². The first kappa shape index (κ1) is 20.0. The molecule has 0 spiro atoms. The first-order valence-corrected chi connectivity index (χ1v) is 9.55. The van der Waals surface area contributed by atoms with Crippen LogP contribution in [0.5, 0.6) is 0 Å². The van der Waals surface area contributed by atoms with Crippen LogP contribution in [0.3, 0.4) is 0 Å². The van der Waals surface area contributed by atoms with Crippen molar-refractivity contribution in [2.24, 2.45) is 11.7 Å². The van der Waals surface area contributed by atoms with Gasteiger partial charge in [-0.15, -0.1) is 0 Å². The highest BCUT2D eigenvalue weighted by molar-refractivity contribution is 6.08. The van der Waals surface area contributed by atoms with Crippen LogP contribution in [0, 0.1) is 5.92 Å². The molecule has 1 unspecified atom stereocenters. The number of carboxylic acids is 1. The average molecular weight is 342 g/mol. The fourth-order valence-corrected chi connectivity index (χ4v) is 3.87. The Bertz CT molecular complexity index is 518. The van der Waals surface area contributed by atoms with Crippen LogP contribution in [0.1, 0.15) is 44.1 Å². The van der Waals surface area contributed by atoms with Gasteiger partial charge in [0.15, 0.2) is 0 Å². The van der Waals surface area contributed by atoms with Gasteiger partial charge in [0.05, 0.1) is 7.85 Å². The van der Waals surface area contributed by atoms with E-state index in [0.717, 1.165) is 58.2 Å². The minimum atomic E-state index is -1.09. The lowest BCUT2D eigenvalue weighted by molar-refractivity contribution is -0.147. The smallest absolute Gasteiger partial charge is 0.323 e. The van der Waals surface area contributed by atoms with Crippen molar-refractivity contribution in [3.8, 4) is 0 Å². The Kier molecular flexibility index (Phi) is 7.98. The monoisotopic (exact) mass is 342 g/mol. The number of benzene rings is 1. The Labute approximate surface area is 153 Å². The second-order valence-electron chi connectivity index (χ2n) is 7.30. The quantitative estimate of drug-likeness (QED) is 0.507. The highest BCUT2D eigenvalue weighted by Gasteiger charge is 2.42. The lowest BCUT2D eigenvalue weighted by atomic mass is 9.75. The van der Waals surface area contributed by atoms with E-state index in [1.807, 2.05) is 6.07 Å². The summed E-state index contributed by atoms with van der Waals surface area (Å²) in [5, 5.41) is 9.65. The molecule has 5 heteroatoms. The van der Waals surface area contributed by atoms with Gasteiger partial charge >= 0.3 is 5.97 Å². The lowest BCUT2D eigenvalue weighted by Crippen LogP contribution is -2.57. The van der Waals surface area contributed by atoms with Gasteiger partial charge in [0.1, 0.15) is 5.54 Å². The summed E-state index contributed by atoms with van der Waals surface area (Å²) in [7, 11) is 5.52. The van der Waals surface area contributed by atoms with Crippen molar-refractivity contribution in [3.05, 3.63) is 35.9 Å². The summed E-state index contributed by atoms with van der Waals surface area (Å²) in [6.45, 7) is 2.96. The van der Waals surface area contributed by atoms with E-state index in [0.29, 0.717) is 12.7 Å². The topological polar surface area (TPSA) is 66.6 Å². The van der Waals surface area contributed by atoms with Crippen LogP contribution in [-0.4, -0.2) is 49.0 Å². The molecule has 1 fully saturated rings. The normalized spacial score (nSPS) is 18.8. The van der Waals surface area contributed by atoms with Gasteiger partial charge in [-0.25, -0.2) is 0 Å². The molecule has 0 amide bonds. The van der Waals surface area contributed by atoms with E-state index in [9.17, 15) is 9.90 Å². The molecule has 1 atom stereocenters. The number of hydrogen-bond donors (Lipinski definition) is 2. The maximum absolute atomic E-state index is 11.8. The minimum absolute atomic E-state index is 0.0631. The predicted octanol–water partition coefficient (Wildman–Crippen LogP) is 2.87. The SMILES string of the molecule is [B]CCCCC(N)(C(=O)O)C1CCN(CCCc2ccccc2)CC1. The molecule has 2 radical (unpaired) electrons. The van der Waals surface area contributed by atoms with E-state index in [4.69, 9.17) is 13.6 Å². The van der Waals surface area contributed by atoms with Crippen molar-refractivity contribution < 1.29 is 9.90 Å². The molecule has 1 heterocycles. The highest BCUT2D eigenvalue weighted by Crippen LogP contribution is 2.31. The molecule has 0 aromatic heterocycles. The maximum Gasteiger partial charge on any atom is 0.323 e. The van der Waals surface area contributed by atoms with Crippen LogP contribution in [0.25, 0.3) is 0 Å². The number of hydrogen-bond acceptors (Lipinski definition) is 3. The number of nitrogens with two attached hydrogens (primary N) is 1. The first-order valence-electron chi connectivity index (χ1n) is 9.55. The van der Waals surface area contributed by atoms with Crippen LogP contribution in [0.4, 0.5) is 0 Å². The Hall–Kier alpha value is -1.33. The molecule has 1 saturated heterocycles. The largest absolute Gasteiger partial charge is 0.480 e. The van der Waals surface area contributed by atoms with E-state index in [2.05, 4.69) is 29.2 Å². The Morgan fingerprint density at radius 2 is 1.88 bits per heavy atom. The number of nitrogens with zero attached hydrogens (tertiary/aromatic N) is 1. The zero-order valence-electron chi connectivity index (χ0n) is 15.2. The van der Waals surface area contributed by atoms with Crippen LogP contribution < -0.4 is 5.73 Å².